The first-order valence-electron chi connectivity index (χ1n) is 6.28. The second-order valence-electron chi connectivity index (χ2n) is 4.71. The number of benzene rings is 1. The van der Waals surface area contributed by atoms with Gasteiger partial charge in [0.05, 0.1) is 15.9 Å². The summed E-state index contributed by atoms with van der Waals surface area (Å²) in [4.78, 5) is 9.97. The summed E-state index contributed by atoms with van der Waals surface area (Å²) in [5, 5.41) is 10.5. The van der Waals surface area contributed by atoms with E-state index in [0.29, 0.717) is 6.61 Å². The van der Waals surface area contributed by atoms with Crippen LogP contribution in [0.4, 0.5) is 5.69 Å². The Morgan fingerprint density at radius 2 is 2.05 bits per heavy atom. The van der Waals surface area contributed by atoms with Crippen molar-refractivity contribution in [1.82, 2.24) is 4.72 Å². The van der Waals surface area contributed by atoms with Gasteiger partial charge in [0, 0.05) is 24.8 Å². The van der Waals surface area contributed by atoms with Crippen molar-refractivity contribution in [2.75, 3.05) is 6.61 Å². The molecule has 8 heteroatoms. The normalized spacial score (nSPS) is 20.8. The molecule has 1 fully saturated rings. The van der Waals surface area contributed by atoms with Gasteiger partial charge in [0.15, 0.2) is 0 Å². The van der Waals surface area contributed by atoms with E-state index in [0.717, 1.165) is 12.8 Å². The number of hydrogen-bond donors (Lipinski definition) is 1. The first-order chi connectivity index (χ1) is 9.40. The van der Waals surface area contributed by atoms with Crippen LogP contribution in [0, 0.1) is 10.1 Å². The first kappa shape index (κ1) is 14.9. The Balaban J connectivity index is 2.11. The molecule has 1 aromatic rings. The van der Waals surface area contributed by atoms with E-state index < -0.39 is 14.9 Å². The van der Waals surface area contributed by atoms with Gasteiger partial charge in [-0.1, -0.05) is 0 Å². The third-order valence-corrected chi connectivity index (χ3v) is 4.80. The maximum atomic E-state index is 12.1. The van der Waals surface area contributed by atoms with Crippen molar-refractivity contribution in [2.45, 2.75) is 36.8 Å². The zero-order valence-electron chi connectivity index (χ0n) is 11.0. The van der Waals surface area contributed by atoms with E-state index in [9.17, 15) is 18.5 Å². The molecule has 1 aliphatic heterocycles. The van der Waals surface area contributed by atoms with Gasteiger partial charge < -0.3 is 4.74 Å². The molecule has 2 rings (SSSR count). The predicted octanol–water partition coefficient (Wildman–Crippen LogP) is 1.44. The van der Waals surface area contributed by atoms with Gasteiger partial charge in [0.25, 0.3) is 5.69 Å². The van der Waals surface area contributed by atoms with E-state index in [1.54, 1.807) is 6.92 Å². The summed E-state index contributed by atoms with van der Waals surface area (Å²) in [5.74, 6) is 0. The van der Waals surface area contributed by atoms with Gasteiger partial charge in [-0.25, -0.2) is 13.1 Å². The Morgan fingerprint density at radius 3 is 2.55 bits per heavy atom. The summed E-state index contributed by atoms with van der Waals surface area (Å²) in [6.45, 7) is 2.40. The summed E-state index contributed by atoms with van der Waals surface area (Å²) in [5.41, 5.74) is -0.142. The van der Waals surface area contributed by atoms with Gasteiger partial charge in [-0.05, 0) is 31.9 Å². The molecule has 0 spiro atoms. The fourth-order valence-electron chi connectivity index (χ4n) is 2.13. The number of nitro benzene ring substituents is 1. The minimum absolute atomic E-state index is 0.00736. The smallest absolute Gasteiger partial charge is 0.269 e. The lowest BCUT2D eigenvalue weighted by atomic mass is 10.1. The molecule has 0 amide bonds. The Morgan fingerprint density at radius 1 is 1.40 bits per heavy atom. The van der Waals surface area contributed by atoms with Gasteiger partial charge in [0.1, 0.15) is 0 Å². The van der Waals surface area contributed by atoms with Crippen molar-refractivity contribution in [3.8, 4) is 0 Å². The summed E-state index contributed by atoms with van der Waals surface area (Å²) >= 11 is 0. The lowest BCUT2D eigenvalue weighted by molar-refractivity contribution is -0.384. The van der Waals surface area contributed by atoms with Gasteiger partial charge in [-0.2, -0.15) is 0 Å². The molecule has 1 aromatic carbocycles. The van der Waals surface area contributed by atoms with E-state index in [1.807, 2.05) is 0 Å². The van der Waals surface area contributed by atoms with Crippen LogP contribution < -0.4 is 4.72 Å². The zero-order valence-corrected chi connectivity index (χ0v) is 11.8. The molecule has 7 nitrogen and oxygen atoms in total. The SMILES string of the molecule is CC(NS(=O)(=O)c1ccc([N+](=O)[O-])cc1)C1CCCO1. The number of hydrogen-bond acceptors (Lipinski definition) is 5. The topological polar surface area (TPSA) is 98.5 Å². The van der Waals surface area contributed by atoms with Crippen molar-refractivity contribution in [3.63, 3.8) is 0 Å². The minimum atomic E-state index is -3.69. The van der Waals surface area contributed by atoms with Crippen LogP contribution >= 0.6 is 0 Å². The third kappa shape index (κ3) is 3.33. The zero-order chi connectivity index (χ0) is 14.8. The largest absolute Gasteiger partial charge is 0.377 e. The van der Waals surface area contributed by atoms with Crippen LogP contribution in [0.1, 0.15) is 19.8 Å². The molecule has 2 atom stereocenters. The molecule has 0 bridgehead atoms. The molecule has 0 saturated carbocycles. The molecule has 2 unspecified atom stereocenters. The lowest BCUT2D eigenvalue weighted by Gasteiger charge is -2.19. The maximum absolute atomic E-state index is 12.1. The highest BCUT2D eigenvalue weighted by Crippen LogP contribution is 2.19. The van der Waals surface area contributed by atoms with Gasteiger partial charge in [0.2, 0.25) is 10.0 Å². The highest BCUT2D eigenvalue weighted by Gasteiger charge is 2.27. The van der Waals surface area contributed by atoms with Crippen LogP contribution in [0.5, 0.6) is 0 Å². The molecule has 20 heavy (non-hydrogen) atoms. The quantitative estimate of drug-likeness (QED) is 0.655. The Bertz CT molecular complexity index is 578. The van der Waals surface area contributed by atoms with Crippen molar-refractivity contribution < 1.29 is 18.1 Å². The van der Waals surface area contributed by atoms with E-state index in [1.165, 1.54) is 24.3 Å². The Hall–Kier alpha value is -1.51. The lowest BCUT2D eigenvalue weighted by Crippen LogP contribution is -2.40. The number of nitrogens with zero attached hydrogens (tertiary/aromatic N) is 1. The number of rotatable bonds is 5. The standard InChI is InChI=1S/C12H16N2O5S/c1-9(12-3-2-8-19-12)13-20(17,18)11-6-4-10(5-7-11)14(15)16/h4-7,9,12-13H,2-3,8H2,1H3. The summed E-state index contributed by atoms with van der Waals surface area (Å²) < 4.78 is 32.3. The van der Waals surface area contributed by atoms with Crippen molar-refractivity contribution >= 4 is 15.7 Å². The van der Waals surface area contributed by atoms with Crippen LogP contribution in [-0.2, 0) is 14.8 Å². The first-order valence-corrected chi connectivity index (χ1v) is 7.77. The van der Waals surface area contributed by atoms with Gasteiger partial charge in [-0.3, -0.25) is 10.1 Å². The van der Waals surface area contributed by atoms with Crippen molar-refractivity contribution in [2.24, 2.45) is 0 Å². The molecule has 0 radical (unpaired) electrons. The molecular formula is C12H16N2O5S. The molecule has 0 aliphatic carbocycles. The van der Waals surface area contributed by atoms with Crippen LogP contribution in [0.3, 0.4) is 0 Å². The Labute approximate surface area is 117 Å². The van der Waals surface area contributed by atoms with Crippen LogP contribution in [-0.4, -0.2) is 32.1 Å². The maximum Gasteiger partial charge on any atom is 0.269 e. The summed E-state index contributed by atoms with van der Waals surface area (Å²) in [6, 6.07) is 4.46. The molecule has 110 valence electrons. The van der Waals surface area contributed by atoms with Crippen molar-refractivity contribution in [3.05, 3.63) is 34.4 Å². The van der Waals surface area contributed by atoms with Gasteiger partial charge in [-0.15, -0.1) is 0 Å². The summed E-state index contributed by atoms with van der Waals surface area (Å²) in [6.07, 6.45) is 1.63. The van der Waals surface area contributed by atoms with Crippen molar-refractivity contribution in [1.29, 1.82) is 0 Å². The van der Waals surface area contributed by atoms with Crippen LogP contribution in [0.25, 0.3) is 0 Å². The molecule has 1 N–H and O–H groups in total. The molecule has 1 saturated heterocycles. The predicted molar refractivity (Wildman–Crippen MR) is 71.9 cm³/mol. The number of nitrogens with one attached hydrogen (secondary N) is 1. The number of sulfonamides is 1. The number of ether oxygens (including phenoxy) is 1. The monoisotopic (exact) mass is 300 g/mol. The van der Waals surface area contributed by atoms with E-state index in [-0.39, 0.29) is 22.7 Å². The Kier molecular flexibility index (Phi) is 4.36. The molecular weight excluding hydrogens is 284 g/mol. The number of non-ortho nitro benzene ring substituents is 1. The second-order valence-corrected chi connectivity index (χ2v) is 6.43. The van der Waals surface area contributed by atoms with E-state index >= 15 is 0 Å². The third-order valence-electron chi connectivity index (χ3n) is 3.22. The highest BCUT2D eigenvalue weighted by molar-refractivity contribution is 7.89. The molecule has 1 heterocycles. The van der Waals surface area contributed by atoms with Crippen LogP contribution in [0.2, 0.25) is 0 Å². The van der Waals surface area contributed by atoms with Gasteiger partial charge >= 0.3 is 0 Å². The fraction of sp³-hybridized carbons (Fsp3) is 0.500. The van der Waals surface area contributed by atoms with E-state index in [4.69, 9.17) is 4.74 Å². The minimum Gasteiger partial charge on any atom is -0.377 e. The second kappa shape index (κ2) is 5.86. The average molecular weight is 300 g/mol. The van der Waals surface area contributed by atoms with Crippen LogP contribution in [0.15, 0.2) is 29.2 Å². The summed E-state index contributed by atoms with van der Waals surface area (Å²) in [7, 11) is -3.69. The average Bonchev–Trinajstić information content (AvgIpc) is 2.92. The molecule has 1 aliphatic rings. The fourth-order valence-corrected chi connectivity index (χ4v) is 3.40. The molecule has 0 aromatic heterocycles. The highest BCUT2D eigenvalue weighted by atomic mass is 32.2. The number of nitro groups is 1. The van der Waals surface area contributed by atoms with E-state index in [2.05, 4.69) is 4.72 Å².